The molecule has 0 aliphatic rings. The predicted molar refractivity (Wildman–Crippen MR) is 96.6 cm³/mol. The Kier molecular flexibility index (Phi) is 6.27. The molecule has 0 aliphatic carbocycles. The molecule has 2 aromatic rings. The topological polar surface area (TPSA) is 87.2 Å². The van der Waals surface area contributed by atoms with Crippen LogP contribution in [0.25, 0.3) is 0 Å². The van der Waals surface area contributed by atoms with Gasteiger partial charge < -0.3 is 10.2 Å². The van der Waals surface area contributed by atoms with E-state index in [0.717, 1.165) is 11.5 Å². The fourth-order valence-corrected chi connectivity index (χ4v) is 3.27. The second-order valence-electron chi connectivity index (χ2n) is 5.76. The maximum absolute atomic E-state index is 13.5. The van der Waals surface area contributed by atoms with Crippen LogP contribution in [0.3, 0.4) is 0 Å². The molecule has 7 nitrogen and oxygen atoms in total. The standard InChI is InChI=1S/C16H22FN5O2S/c1-12-10-15(22(2)3)21-16(20-12)18-8-9-19-25(23,24)11-13-6-4-5-7-14(13)17/h4-7,10,19H,8-9,11H2,1-3H3,(H,18,20,21). The molecule has 9 heteroatoms. The Bertz CT molecular complexity index is 827. The van der Waals surface area contributed by atoms with E-state index in [2.05, 4.69) is 20.0 Å². The predicted octanol–water partition coefficient (Wildman–Crippen LogP) is 1.52. The second-order valence-corrected chi connectivity index (χ2v) is 7.56. The lowest BCUT2D eigenvalue weighted by molar-refractivity contribution is 0.575. The van der Waals surface area contributed by atoms with E-state index in [4.69, 9.17) is 0 Å². The number of nitrogens with one attached hydrogen (secondary N) is 2. The van der Waals surface area contributed by atoms with Crippen LogP contribution >= 0.6 is 0 Å². The number of anilines is 2. The third-order valence-corrected chi connectivity index (χ3v) is 4.67. The molecule has 0 aliphatic heterocycles. The molecular weight excluding hydrogens is 345 g/mol. The van der Waals surface area contributed by atoms with Crippen LogP contribution in [0.15, 0.2) is 30.3 Å². The summed E-state index contributed by atoms with van der Waals surface area (Å²) in [5.41, 5.74) is 0.946. The quantitative estimate of drug-likeness (QED) is 0.688. The molecule has 136 valence electrons. The highest BCUT2D eigenvalue weighted by atomic mass is 32.2. The van der Waals surface area contributed by atoms with E-state index in [9.17, 15) is 12.8 Å². The number of aryl methyl sites for hydroxylation is 1. The van der Waals surface area contributed by atoms with Gasteiger partial charge in [0.05, 0.1) is 5.75 Å². The molecular formula is C16H22FN5O2S. The summed E-state index contributed by atoms with van der Waals surface area (Å²) in [6.45, 7) is 2.31. The molecule has 0 radical (unpaired) electrons. The molecule has 0 fully saturated rings. The second kappa shape index (κ2) is 8.21. The van der Waals surface area contributed by atoms with E-state index in [-0.39, 0.29) is 12.1 Å². The molecule has 0 bridgehead atoms. The zero-order chi connectivity index (χ0) is 18.4. The third-order valence-electron chi connectivity index (χ3n) is 3.33. The van der Waals surface area contributed by atoms with E-state index in [1.54, 1.807) is 6.07 Å². The number of benzene rings is 1. The van der Waals surface area contributed by atoms with Crippen LogP contribution in [-0.4, -0.2) is 45.6 Å². The third kappa shape index (κ3) is 5.95. The summed E-state index contributed by atoms with van der Waals surface area (Å²) in [5, 5.41) is 2.98. The smallest absolute Gasteiger partial charge is 0.224 e. The van der Waals surface area contributed by atoms with Crippen molar-refractivity contribution in [1.29, 1.82) is 0 Å². The average Bonchev–Trinajstić information content (AvgIpc) is 2.53. The number of halogens is 1. The van der Waals surface area contributed by atoms with Crippen molar-refractivity contribution in [3.8, 4) is 0 Å². The van der Waals surface area contributed by atoms with E-state index in [1.165, 1.54) is 18.2 Å². The molecule has 1 heterocycles. The Hall–Kier alpha value is -2.26. The van der Waals surface area contributed by atoms with E-state index in [0.29, 0.717) is 12.5 Å². The van der Waals surface area contributed by atoms with Crippen molar-refractivity contribution in [1.82, 2.24) is 14.7 Å². The van der Waals surface area contributed by atoms with Gasteiger partial charge in [0.25, 0.3) is 0 Å². The molecule has 2 rings (SSSR count). The van der Waals surface area contributed by atoms with Gasteiger partial charge in [0.1, 0.15) is 11.6 Å². The maximum Gasteiger partial charge on any atom is 0.224 e. The van der Waals surface area contributed by atoms with Gasteiger partial charge in [-0.15, -0.1) is 0 Å². The van der Waals surface area contributed by atoms with Crippen molar-refractivity contribution in [3.63, 3.8) is 0 Å². The number of hydrogen-bond donors (Lipinski definition) is 2. The Morgan fingerprint density at radius 3 is 2.56 bits per heavy atom. The SMILES string of the molecule is Cc1cc(N(C)C)nc(NCCNS(=O)(=O)Cc2ccccc2F)n1. The number of rotatable bonds is 8. The van der Waals surface area contributed by atoms with Gasteiger partial charge in [-0.05, 0) is 13.0 Å². The van der Waals surface area contributed by atoms with Crippen LogP contribution < -0.4 is 14.9 Å². The Morgan fingerprint density at radius 1 is 1.16 bits per heavy atom. The summed E-state index contributed by atoms with van der Waals surface area (Å²) in [6.07, 6.45) is 0. The fraction of sp³-hybridized carbons (Fsp3) is 0.375. The number of sulfonamides is 1. The normalized spacial score (nSPS) is 11.4. The van der Waals surface area contributed by atoms with Gasteiger partial charge in [0, 0.05) is 44.5 Å². The lowest BCUT2D eigenvalue weighted by Gasteiger charge is -2.14. The summed E-state index contributed by atoms with van der Waals surface area (Å²) in [6, 6.07) is 7.67. The van der Waals surface area contributed by atoms with Crippen LogP contribution in [0.5, 0.6) is 0 Å². The Balaban J connectivity index is 1.87. The van der Waals surface area contributed by atoms with Crippen LogP contribution in [0, 0.1) is 12.7 Å². The molecule has 0 atom stereocenters. The first-order valence-electron chi connectivity index (χ1n) is 7.74. The molecule has 0 saturated heterocycles. The van der Waals surface area contributed by atoms with E-state index >= 15 is 0 Å². The van der Waals surface area contributed by atoms with Crippen molar-refractivity contribution in [3.05, 3.63) is 47.4 Å². The van der Waals surface area contributed by atoms with Crippen molar-refractivity contribution in [2.45, 2.75) is 12.7 Å². The van der Waals surface area contributed by atoms with Gasteiger partial charge in [0.15, 0.2) is 0 Å². The first-order chi connectivity index (χ1) is 11.8. The van der Waals surface area contributed by atoms with Crippen LogP contribution in [0.4, 0.5) is 16.2 Å². The molecule has 0 unspecified atom stereocenters. The van der Waals surface area contributed by atoms with Gasteiger partial charge in [0.2, 0.25) is 16.0 Å². The van der Waals surface area contributed by atoms with Gasteiger partial charge in [-0.1, -0.05) is 18.2 Å². The summed E-state index contributed by atoms with van der Waals surface area (Å²) in [5.74, 6) is 0.258. The summed E-state index contributed by atoms with van der Waals surface area (Å²) in [4.78, 5) is 10.4. The van der Waals surface area contributed by atoms with Gasteiger partial charge in [-0.3, -0.25) is 0 Å². The minimum atomic E-state index is -3.62. The minimum Gasteiger partial charge on any atom is -0.363 e. The highest BCUT2D eigenvalue weighted by Gasteiger charge is 2.13. The monoisotopic (exact) mass is 367 g/mol. The number of hydrogen-bond acceptors (Lipinski definition) is 6. The van der Waals surface area contributed by atoms with Crippen LogP contribution in [-0.2, 0) is 15.8 Å². The Morgan fingerprint density at radius 2 is 1.88 bits per heavy atom. The summed E-state index contributed by atoms with van der Waals surface area (Å²) in [7, 11) is 0.134. The maximum atomic E-state index is 13.5. The zero-order valence-corrected chi connectivity index (χ0v) is 15.3. The summed E-state index contributed by atoms with van der Waals surface area (Å²) >= 11 is 0. The van der Waals surface area contributed by atoms with Crippen LogP contribution in [0.1, 0.15) is 11.3 Å². The lowest BCUT2D eigenvalue weighted by Crippen LogP contribution is -2.30. The first kappa shape index (κ1) is 19.1. The summed E-state index contributed by atoms with van der Waals surface area (Å²) < 4.78 is 40.0. The van der Waals surface area contributed by atoms with Crippen LogP contribution in [0.2, 0.25) is 0 Å². The first-order valence-corrected chi connectivity index (χ1v) is 9.40. The molecule has 0 amide bonds. The fourth-order valence-electron chi connectivity index (χ4n) is 2.11. The molecule has 0 saturated carbocycles. The van der Waals surface area contributed by atoms with Crippen molar-refractivity contribution >= 4 is 21.8 Å². The Labute approximate surface area is 147 Å². The van der Waals surface area contributed by atoms with E-state index in [1.807, 2.05) is 32.0 Å². The largest absolute Gasteiger partial charge is 0.363 e. The number of aromatic nitrogens is 2. The van der Waals surface area contributed by atoms with Gasteiger partial charge in [-0.25, -0.2) is 22.5 Å². The average molecular weight is 367 g/mol. The van der Waals surface area contributed by atoms with Crippen molar-refractivity contribution in [2.75, 3.05) is 37.4 Å². The van der Waals surface area contributed by atoms with Crippen molar-refractivity contribution in [2.24, 2.45) is 0 Å². The van der Waals surface area contributed by atoms with Gasteiger partial charge in [-0.2, -0.15) is 4.98 Å². The molecule has 1 aromatic heterocycles. The van der Waals surface area contributed by atoms with E-state index < -0.39 is 21.6 Å². The highest BCUT2D eigenvalue weighted by Crippen LogP contribution is 2.12. The number of nitrogens with zero attached hydrogens (tertiary/aromatic N) is 3. The molecule has 2 N–H and O–H groups in total. The zero-order valence-electron chi connectivity index (χ0n) is 14.5. The molecule has 1 aromatic carbocycles. The van der Waals surface area contributed by atoms with Gasteiger partial charge >= 0.3 is 0 Å². The minimum absolute atomic E-state index is 0.139. The molecule has 25 heavy (non-hydrogen) atoms. The van der Waals surface area contributed by atoms with Crippen molar-refractivity contribution < 1.29 is 12.8 Å². The highest BCUT2D eigenvalue weighted by molar-refractivity contribution is 7.88. The molecule has 0 spiro atoms. The lowest BCUT2D eigenvalue weighted by atomic mass is 10.2.